The summed E-state index contributed by atoms with van der Waals surface area (Å²) in [4.78, 5) is 18.7. The van der Waals surface area contributed by atoms with E-state index in [4.69, 9.17) is 16.4 Å². The number of nitrogens with zero attached hydrogens (tertiary/aromatic N) is 1. The first kappa shape index (κ1) is 31.7. The van der Waals surface area contributed by atoms with E-state index in [0.717, 1.165) is 0 Å². The summed E-state index contributed by atoms with van der Waals surface area (Å²) in [6.45, 7) is 3.94. The minimum Gasteiger partial charge on any atom is -0.395 e. The molecule has 4 unspecified atom stereocenters. The topological polar surface area (TPSA) is 70.9 Å². The second-order valence-corrected chi connectivity index (χ2v) is 11.5. The monoisotopic (exact) mass is 598 g/mol. The van der Waals surface area contributed by atoms with Gasteiger partial charge in [-0.05, 0) is 68.9 Å². The highest BCUT2D eigenvalue weighted by Gasteiger charge is 2.19. The van der Waals surface area contributed by atoms with Gasteiger partial charge in [-0.1, -0.05) is 29.8 Å². The second-order valence-electron chi connectivity index (χ2n) is 9.73. The van der Waals surface area contributed by atoms with Crippen LogP contribution in [0.4, 0.5) is 23.2 Å². The molecule has 2 aromatic carbocycles. The number of carbonyl (C=O) groups is 1. The maximum Gasteiger partial charge on any atom is 0.255 e. The van der Waals surface area contributed by atoms with Crippen LogP contribution in [0.1, 0.15) is 49.9 Å². The van der Waals surface area contributed by atoms with Gasteiger partial charge in [0.1, 0.15) is 12.4 Å². The Bertz CT molecular complexity index is 1250. The van der Waals surface area contributed by atoms with Gasteiger partial charge in [-0.25, -0.2) is 17.6 Å². The van der Waals surface area contributed by atoms with Crippen molar-refractivity contribution in [3.63, 3.8) is 0 Å². The average molecular weight is 599 g/mol. The van der Waals surface area contributed by atoms with Gasteiger partial charge in [-0.2, -0.15) is 0 Å². The number of benzene rings is 2. The van der Waals surface area contributed by atoms with E-state index < -0.39 is 29.5 Å². The summed E-state index contributed by atoms with van der Waals surface area (Å²) >= 11 is 7.87. The number of anilines is 1. The van der Waals surface area contributed by atoms with Crippen molar-refractivity contribution < 1.29 is 32.3 Å². The Morgan fingerprint density at radius 1 is 1.20 bits per heavy atom. The smallest absolute Gasteiger partial charge is 0.255 e. The fourth-order valence-electron chi connectivity index (χ4n) is 3.98. The van der Waals surface area contributed by atoms with Gasteiger partial charge in [0.05, 0.1) is 11.1 Å². The SMILES string of the molecule is CC(O)CCC(CC(C)/C=N/OCC1C=C(F)C=CC1)Sc1cc(C(=O)Nc2cc(F)c(F)c(F)c2)ccc1Cl. The second kappa shape index (κ2) is 15.3. The van der Waals surface area contributed by atoms with E-state index in [1.54, 1.807) is 31.3 Å². The van der Waals surface area contributed by atoms with Crippen molar-refractivity contribution in [2.75, 3.05) is 11.9 Å². The lowest BCUT2D eigenvalue weighted by Crippen LogP contribution is -2.14. The Kier molecular flexibility index (Phi) is 12.1. The van der Waals surface area contributed by atoms with Crippen molar-refractivity contribution >= 4 is 41.2 Å². The van der Waals surface area contributed by atoms with E-state index in [0.29, 0.717) is 47.7 Å². The molecule has 3 rings (SSSR count). The van der Waals surface area contributed by atoms with Crippen LogP contribution in [0.15, 0.2) is 64.4 Å². The van der Waals surface area contributed by atoms with E-state index in [2.05, 4.69) is 10.5 Å². The minimum absolute atomic E-state index is 0.00134. The third-order valence-electron chi connectivity index (χ3n) is 6.06. The van der Waals surface area contributed by atoms with E-state index in [1.165, 1.54) is 30.0 Å². The zero-order valence-corrected chi connectivity index (χ0v) is 23.6. The highest BCUT2D eigenvalue weighted by atomic mass is 35.5. The Balaban J connectivity index is 1.64. The molecule has 40 heavy (non-hydrogen) atoms. The van der Waals surface area contributed by atoms with Crippen LogP contribution in [0.25, 0.3) is 0 Å². The standard InChI is InChI=1S/C29H31ClF4N2O3S/c1-17(15-35-39-16-19-4-3-5-21(31)11-19)10-23(8-6-18(2)37)40-27-12-20(7-9-24(27)30)29(38)36-22-13-25(32)28(34)26(33)14-22/h3,5,7,9,11-15,17-19,23,37H,4,6,8,10,16H2,1-2H3,(H,36,38)/b35-15+. The molecule has 5 nitrogen and oxygen atoms in total. The van der Waals surface area contributed by atoms with Crippen LogP contribution in [0.2, 0.25) is 5.02 Å². The third-order valence-corrected chi connectivity index (χ3v) is 7.85. The number of oxime groups is 1. The number of hydrogen-bond acceptors (Lipinski definition) is 5. The number of amides is 1. The normalized spacial score (nSPS) is 17.4. The molecule has 0 saturated heterocycles. The first-order chi connectivity index (χ1) is 19.0. The molecule has 0 spiro atoms. The number of aliphatic hydroxyl groups excluding tert-OH is 1. The van der Waals surface area contributed by atoms with Gasteiger partial charge in [0.25, 0.3) is 5.91 Å². The van der Waals surface area contributed by atoms with Gasteiger partial charge in [-0.3, -0.25) is 4.79 Å². The molecule has 0 saturated carbocycles. The van der Waals surface area contributed by atoms with Crippen molar-refractivity contribution in [1.29, 1.82) is 0 Å². The maximum absolute atomic E-state index is 13.5. The summed E-state index contributed by atoms with van der Waals surface area (Å²) in [6.07, 6.45) is 8.42. The van der Waals surface area contributed by atoms with Crippen molar-refractivity contribution in [3.05, 3.63) is 82.4 Å². The number of aliphatic hydroxyl groups is 1. The number of nitrogens with one attached hydrogen (secondary N) is 1. The lowest BCUT2D eigenvalue weighted by molar-refractivity contribution is 0.102. The van der Waals surface area contributed by atoms with Crippen LogP contribution in [0.5, 0.6) is 0 Å². The summed E-state index contributed by atoms with van der Waals surface area (Å²) in [5, 5.41) is 16.6. The molecule has 216 valence electrons. The fraction of sp³-hybridized carbons (Fsp3) is 0.379. The Morgan fingerprint density at radius 2 is 1.93 bits per heavy atom. The predicted octanol–water partition coefficient (Wildman–Crippen LogP) is 8.09. The van der Waals surface area contributed by atoms with Crippen LogP contribution in [0.3, 0.4) is 0 Å². The van der Waals surface area contributed by atoms with Gasteiger partial charge in [0.15, 0.2) is 17.5 Å². The first-order valence-corrected chi connectivity index (χ1v) is 14.1. The van der Waals surface area contributed by atoms with Gasteiger partial charge >= 0.3 is 0 Å². The van der Waals surface area contributed by atoms with Crippen molar-refractivity contribution in [2.24, 2.45) is 17.0 Å². The zero-order valence-electron chi connectivity index (χ0n) is 22.1. The molecule has 1 aliphatic rings. The summed E-state index contributed by atoms with van der Waals surface area (Å²) in [5.41, 5.74) is -0.0332. The molecule has 2 N–H and O–H groups in total. The fourth-order valence-corrected chi connectivity index (χ4v) is 5.62. The number of carbonyl (C=O) groups excluding carboxylic acids is 1. The lowest BCUT2D eigenvalue weighted by atomic mass is 10.0. The largest absolute Gasteiger partial charge is 0.395 e. The molecular weight excluding hydrogens is 568 g/mol. The maximum atomic E-state index is 13.5. The Labute approximate surface area is 240 Å². The summed E-state index contributed by atoms with van der Waals surface area (Å²) < 4.78 is 53.7. The van der Waals surface area contributed by atoms with Crippen LogP contribution in [0, 0.1) is 29.3 Å². The molecular formula is C29H31ClF4N2O3S. The highest BCUT2D eigenvalue weighted by Crippen LogP contribution is 2.36. The molecule has 0 heterocycles. The van der Waals surface area contributed by atoms with Crippen molar-refractivity contribution in [3.8, 4) is 0 Å². The van der Waals surface area contributed by atoms with Gasteiger partial charge in [0.2, 0.25) is 0 Å². The number of thioether (sulfide) groups is 1. The lowest BCUT2D eigenvalue weighted by Gasteiger charge is -2.20. The molecule has 11 heteroatoms. The van der Waals surface area contributed by atoms with Gasteiger partial charge in [0, 0.05) is 45.7 Å². The molecule has 1 aliphatic carbocycles. The number of allylic oxidation sites excluding steroid dienone is 3. The molecule has 2 aromatic rings. The Hall–Kier alpha value is -2.82. The Morgan fingerprint density at radius 3 is 2.60 bits per heavy atom. The summed E-state index contributed by atoms with van der Waals surface area (Å²) in [6, 6.07) is 5.98. The van der Waals surface area contributed by atoms with Crippen molar-refractivity contribution in [2.45, 2.75) is 55.8 Å². The quantitative estimate of drug-likeness (QED) is 0.0804. The van der Waals surface area contributed by atoms with E-state index in [9.17, 15) is 27.5 Å². The third kappa shape index (κ3) is 9.98. The molecule has 0 aliphatic heterocycles. The van der Waals surface area contributed by atoms with Crippen LogP contribution in [-0.2, 0) is 4.84 Å². The zero-order chi connectivity index (χ0) is 29.2. The van der Waals surface area contributed by atoms with Crippen molar-refractivity contribution in [1.82, 2.24) is 0 Å². The van der Waals surface area contributed by atoms with Gasteiger partial charge < -0.3 is 15.3 Å². The van der Waals surface area contributed by atoms with Crippen LogP contribution >= 0.6 is 23.4 Å². The summed E-state index contributed by atoms with van der Waals surface area (Å²) in [5.74, 6) is -5.45. The molecule has 1 amide bonds. The molecule has 0 aromatic heterocycles. The van der Waals surface area contributed by atoms with E-state index in [-0.39, 0.29) is 40.8 Å². The molecule has 4 atom stereocenters. The number of halogens is 5. The highest BCUT2D eigenvalue weighted by molar-refractivity contribution is 8.00. The van der Waals surface area contributed by atoms with Gasteiger partial charge in [-0.15, -0.1) is 11.8 Å². The number of hydrogen-bond donors (Lipinski definition) is 2. The molecule has 0 fully saturated rings. The number of rotatable bonds is 13. The minimum atomic E-state index is -1.62. The molecule has 0 bridgehead atoms. The van der Waals surface area contributed by atoms with Crippen LogP contribution < -0.4 is 5.32 Å². The van der Waals surface area contributed by atoms with E-state index >= 15 is 0 Å². The first-order valence-electron chi connectivity index (χ1n) is 12.8. The predicted molar refractivity (Wildman–Crippen MR) is 151 cm³/mol. The van der Waals surface area contributed by atoms with E-state index in [1.807, 2.05) is 6.92 Å². The summed E-state index contributed by atoms with van der Waals surface area (Å²) in [7, 11) is 0. The average Bonchev–Trinajstić information content (AvgIpc) is 2.89. The molecule has 0 radical (unpaired) electrons. The van der Waals surface area contributed by atoms with Crippen LogP contribution in [-0.4, -0.2) is 35.2 Å².